The molecule has 7 N–H and O–H groups in total. The van der Waals surface area contributed by atoms with Gasteiger partial charge in [-0.2, -0.15) is 0 Å². The van der Waals surface area contributed by atoms with Crippen LogP contribution in [0.5, 0.6) is 0 Å². The maximum atomic E-state index is 11.0. The van der Waals surface area contributed by atoms with Crippen LogP contribution in [0.4, 0.5) is 0 Å². The third-order valence-electron chi connectivity index (χ3n) is 2.39. The third kappa shape index (κ3) is 13.4. The van der Waals surface area contributed by atoms with Crippen LogP contribution in [0.25, 0.3) is 0 Å². The van der Waals surface area contributed by atoms with Crippen molar-refractivity contribution < 1.29 is 19.7 Å². The van der Waals surface area contributed by atoms with Crippen LogP contribution in [-0.4, -0.2) is 60.6 Å². The molecule has 0 aliphatic heterocycles. The zero-order valence-electron chi connectivity index (χ0n) is 11.9. The summed E-state index contributed by atoms with van der Waals surface area (Å²) in [5.41, 5.74) is 10.3. The molecular formula is C12H25ClN4O4. The zero-order valence-corrected chi connectivity index (χ0v) is 12.7. The molecule has 0 aliphatic carbocycles. The molecule has 21 heavy (non-hydrogen) atoms. The summed E-state index contributed by atoms with van der Waals surface area (Å²) in [7, 11) is 0. The van der Waals surface area contributed by atoms with E-state index in [0.717, 1.165) is 0 Å². The lowest BCUT2D eigenvalue weighted by Crippen LogP contribution is -2.42. The van der Waals surface area contributed by atoms with Gasteiger partial charge in [-0.3, -0.25) is 9.79 Å². The van der Waals surface area contributed by atoms with E-state index in [1.807, 2.05) is 0 Å². The van der Waals surface area contributed by atoms with Crippen molar-refractivity contribution in [2.75, 3.05) is 26.3 Å². The van der Waals surface area contributed by atoms with E-state index in [1.54, 1.807) is 6.08 Å². The molecular weight excluding hydrogens is 300 g/mol. The zero-order chi connectivity index (χ0) is 15.4. The SMILES string of the molecule is C=CCOCC(O)CN[C@@H](CCCN=C(N)N)C(=O)O.Cl. The maximum absolute atomic E-state index is 11.0. The van der Waals surface area contributed by atoms with Crippen molar-refractivity contribution in [2.24, 2.45) is 16.5 Å². The summed E-state index contributed by atoms with van der Waals surface area (Å²) in [4.78, 5) is 14.8. The lowest BCUT2D eigenvalue weighted by atomic mass is 10.1. The van der Waals surface area contributed by atoms with Gasteiger partial charge in [0.2, 0.25) is 0 Å². The number of carbonyl (C=O) groups is 1. The second kappa shape index (κ2) is 13.6. The molecule has 8 nitrogen and oxygen atoms in total. The number of halogens is 1. The minimum absolute atomic E-state index is 0. The average molecular weight is 325 g/mol. The first-order valence-electron chi connectivity index (χ1n) is 6.35. The monoisotopic (exact) mass is 324 g/mol. The predicted molar refractivity (Wildman–Crippen MR) is 83.6 cm³/mol. The van der Waals surface area contributed by atoms with Crippen molar-refractivity contribution in [1.82, 2.24) is 5.32 Å². The molecule has 0 fully saturated rings. The maximum Gasteiger partial charge on any atom is 0.320 e. The Labute approximate surface area is 130 Å². The minimum Gasteiger partial charge on any atom is -0.480 e. The quantitative estimate of drug-likeness (QED) is 0.135. The van der Waals surface area contributed by atoms with Gasteiger partial charge in [-0.25, -0.2) is 0 Å². The molecule has 0 aromatic carbocycles. The number of carboxylic acid groups (broad SMARTS) is 1. The number of aliphatic hydroxyl groups excluding tert-OH is 1. The normalized spacial score (nSPS) is 12.8. The molecule has 0 rings (SSSR count). The Bertz CT molecular complexity index is 324. The summed E-state index contributed by atoms with van der Waals surface area (Å²) in [6, 6.07) is -0.752. The first-order chi connectivity index (χ1) is 9.47. The van der Waals surface area contributed by atoms with Crippen LogP contribution in [0.1, 0.15) is 12.8 Å². The number of carboxylic acids is 1. The van der Waals surface area contributed by atoms with Gasteiger partial charge in [0.15, 0.2) is 5.96 Å². The number of nitrogens with zero attached hydrogens (tertiary/aromatic N) is 1. The van der Waals surface area contributed by atoms with Gasteiger partial charge in [0.25, 0.3) is 0 Å². The van der Waals surface area contributed by atoms with Gasteiger partial charge in [0, 0.05) is 13.1 Å². The van der Waals surface area contributed by atoms with E-state index in [-0.39, 0.29) is 31.5 Å². The van der Waals surface area contributed by atoms with Gasteiger partial charge < -0.3 is 31.7 Å². The number of nitrogens with one attached hydrogen (secondary N) is 1. The van der Waals surface area contributed by atoms with Crippen molar-refractivity contribution >= 4 is 24.3 Å². The van der Waals surface area contributed by atoms with Gasteiger partial charge in [-0.1, -0.05) is 6.08 Å². The lowest BCUT2D eigenvalue weighted by molar-refractivity contribution is -0.139. The van der Waals surface area contributed by atoms with Gasteiger partial charge in [0.1, 0.15) is 6.04 Å². The Balaban J connectivity index is 0. The highest BCUT2D eigenvalue weighted by Crippen LogP contribution is 1.99. The average Bonchev–Trinajstić information content (AvgIpc) is 2.37. The van der Waals surface area contributed by atoms with E-state index in [2.05, 4.69) is 16.9 Å². The summed E-state index contributed by atoms with van der Waals surface area (Å²) in [5.74, 6) is -0.992. The fourth-order valence-corrected chi connectivity index (χ4v) is 1.44. The molecule has 9 heteroatoms. The van der Waals surface area contributed by atoms with E-state index in [1.165, 1.54) is 0 Å². The molecule has 0 heterocycles. The number of hydrogen-bond acceptors (Lipinski definition) is 5. The van der Waals surface area contributed by atoms with Gasteiger partial charge in [0.05, 0.1) is 19.3 Å². The topological polar surface area (TPSA) is 143 Å². The van der Waals surface area contributed by atoms with Crippen LogP contribution in [0.3, 0.4) is 0 Å². The first kappa shape index (κ1) is 21.9. The number of hydrogen-bond donors (Lipinski definition) is 5. The number of aliphatic hydroxyl groups is 1. The second-order valence-corrected chi connectivity index (χ2v) is 4.23. The number of rotatable bonds is 12. The molecule has 0 spiro atoms. The Morgan fingerprint density at radius 2 is 2.14 bits per heavy atom. The second-order valence-electron chi connectivity index (χ2n) is 4.23. The highest BCUT2D eigenvalue weighted by molar-refractivity contribution is 5.85. The number of nitrogens with two attached hydrogens (primary N) is 2. The molecule has 0 aliphatic rings. The van der Waals surface area contributed by atoms with Crippen LogP contribution in [0.2, 0.25) is 0 Å². The fourth-order valence-electron chi connectivity index (χ4n) is 1.44. The smallest absolute Gasteiger partial charge is 0.320 e. The molecule has 0 aromatic rings. The van der Waals surface area contributed by atoms with E-state index >= 15 is 0 Å². The van der Waals surface area contributed by atoms with E-state index in [4.69, 9.17) is 21.3 Å². The molecule has 124 valence electrons. The molecule has 0 radical (unpaired) electrons. The summed E-state index contributed by atoms with van der Waals surface area (Å²) < 4.78 is 5.06. The molecule has 0 aromatic heterocycles. The Morgan fingerprint density at radius 1 is 1.48 bits per heavy atom. The third-order valence-corrected chi connectivity index (χ3v) is 2.39. The molecule has 0 saturated carbocycles. The first-order valence-corrected chi connectivity index (χ1v) is 6.35. The van der Waals surface area contributed by atoms with Crippen molar-refractivity contribution in [2.45, 2.75) is 25.0 Å². The number of aliphatic imine (C=N–C) groups is 1. The minimum atomic E-state index is -0.978. The van der Waals surface area contributed by atoms with Crippen LogP contribution in [0, 0.1) is 0 Å². The molecule has 0 bridgehead atoms. The lowest BCUT2D eigenvalue weighted by Gasteiger charge is -2.17. The standard InChI is InChI=1S/C12H24N4O4.ClH/c1-2-6-20-8-9(17)7-16-10(11(18)19)4-3-5-15-12(13)14;/h2,9-10,16-17H,1,3-8H2,(H,18,19)(H4,13,14,15);1H/t9?,10-;/m0./s1. The van der Waals surface area contributed by atoms with E-state index < -0.39 is 18.1 Å². The Morgan fingerprint density at radius 3 is 2.67 bits per heavy atom. The predicted octanol–water partition coefficient (Wildman–Crippen LogP) is -0.932. The summed E-state index contributed by atoms with van der Waals surface area (Å²) in [5, 5.41) is 21.4. The molecule has 1 unspecified atom stereocenters. The van der Waals surface area contributed by atoms with Crippen molar-refractivity contribution in [3.05, 3.63) is 12.7 Å². The Kier molecular flexibility index (Phi) is 14.2. The highest BCUT2D eigenvalue weighted by Gasteiger charge is 2.17. The van der Waals surface area contributed by atoms with Gasteiger partial charge in [-0.05, 0) is 12.8 Å². The van der Waals surface area contributed by atoms with Crippen LogP contribution < -0.4 is 16.8 Å². The van der Waals surface area contributed by atoms with E-state index in [0.29, 0.717) is 26.0 Å². The van der Waals surface area contributed by atoms with Crippen LogP contribution in [-0.2, 0) is 9.53 Å². The van der Waals surface area contributed by atoms with Gasteiger partial charge in [-0.15, -0.1) is 19.0 Å². The summed E-state index contributed by atoms with van der Waals surface area (Å²) in [6.45, 7) is 4.46. The van der Waals surface area contributed by atoms with Crippen molar-refractivity contribution in [3.8, 4) is 0 Å². The fraction of sp³-hybridized carbons (Fsp3) is 0.667. The highest BCUT2D eigenvalue weighted by atomic mass is 35.5. The largest absolute Gasteiger partial charge is 0.480 e. The molecule has 0 saturated heterocycles. The van der Waals surface area contributed by atoms with Crippen molar-refractivity contribution in [3.63, 3.8) is 0 Å². The number of ether oxygens (including phenoxy) is 1. The molecule has 2 atom stereocenters. The molecule has 0 amide bonds. The number of aliphatic carboxylic acids is 1. The number of guanidine groups is 1. The van der Waals surface area contributed by atoms with Crippen molar-refractivity contribution in [1.29, 1.82) is 0 Å². The van der Waals surface area contributed by atoms with Crippen LogP contribution in [0.15, 0.2) is 17.6 Å². The van der Waals surface area contributed by atoms with Crippen LogP contribution >= 0.6 is 12.4 Å². The van der Waals surface area contributed by atoms with Gasteiger partial charge >= 0.3 is 5.97 Å². The Hall–Kier alpha value is -1.35. The van der Waals surface area contributed by atoms with E-state index in [9.17, 15) is 9.90 Å². The summed E-state index contributed by atoms with van der Waals surface area (Å²) >= 11 is 0. The summed E-state index contributed by atoms with van der Waals surface area (Å²) in [6.07, 6.45) is 1.70.